The maximum absolute atomic E-state index is 10.1. The molecule has 0 aliphatic carbocycles. The third kappa shape index (κ3) is 4.46. The first-order chi connectivity index (χ1) is 20.3. The van der Waals surface area contributed by atoms with Gasteiger partial charge in [-0.3, -0.25) is 0 Å². The van der Waals surface area contributed by atoms with Crippen molar-refractivity contribution in [2.45, 2.75) is 7.43 Å². The van der Waals surface area contributed by atoms with Crippen molar-refractivity contribution in [3.8, 4) is 29.2 Å². The minimum Gasteiger partial charge on any atom is -0.508 e. The Morgan fingerprint density at radius 3 is 1.77 bits per heavy atom. The molecule has 7 heteroatoms. The average Bonchev–Trinajstić information content (AvgIpc) is 3.53. The van der Waals surface area contributed by atoms with E-state index in [4.69, 9.17) is 4.74 Å². The quantitative estimate of drug-likeness (QED) is 0.170. The summed E-state index contributed by atoms with van der Waals surface area (Å²) in [6.07, 6.45) is 3.54. The van der Waals surface area contributed by atoms with Crippen LogP contribution < -0.4 is 4.74 Å². The molecule has 0 atom stereocenters. The van der Waals surface area contributed by atoms with Crippen molar-refractivity contribution in [2.24, 2.45) is 0 Å². The van der Waals surface area contributed by atoms with Crippen LogP contribution in [-0.2, 0) is 21.1 Å². The van der Waals surface area contributed by atoms with E-state index in [0.717, 1.165) is 55.2 Å². The Kier molecular flexibility index (Phi) is 7.27. The van der Waals surface area contributed by atoms with Crippen LogP contribution in [0.3, 0.4) is 0 Å². The molecule has 0 saturated carbocycles. The maximum atomic E-state index is 10.1. The Morgan fingerprint density at radius 2 is 1.19 bits per heavy atom. The SMILES string of the molecule is C.N#Cc1cc2c3ccccc3n(-c3ccccn3)c2[c-]c1Oc1[c-]c2c(cc1)c1ccccc1n2-c1ccccn1.[Pt+2]. The summed E-state index contributed by atoms with van der Waals surface area (Å²) in [5.41, 5.74) is 4.01. The summed E-state index contributed by atoms with van der Waals surface area (Å²) in [6.45, 7) is 0. The van der Waals surface area contributed by atoms with Crippen LogP contribution in [0.25, 0.3) is 55.2 Å². The number of ether oxygens (including phenoxy) is 1. The fraction of sp³-hybridized carbons (Fsp3) is 0.0278. The zero-order valence-electron chi connectivity index (χ0n) is 21.9. The molecule has 8 rings (SSSR count). The van der Waals surface area contributed by atoms with Gasteiger partial charge in [-0.15, -0.1) is 35.0 Å². The number of rotatable bonds is 4. The van der Waals surface area contributed by atoms with E-state index < -0.39 is 0 Å². The van der Waals surface area contributed by atoms with Gasteiger partial charge in [-0.05, 0) is 52.7 Å². The van der Waals surface area contributed by atoms with Crippen LogP contribution in [-0.4, -0.2) is 19.1 Å². The summed E-state index contributed by atoms with van der Waals surface area (Å²) in [5, 5.41) is 14.2. The normalized spacial score (nSPS) is 10.9. The van der Waals surface area contributed by atoms with Crippen LogP contribution in [0.2, 0.25) is 0 Å². The van der Waals surface area contributed by atoms with Gasteiger partial charge in [0.2, 0.25) is 0 Å². The van der Waals surface area contributed by atoms with Crippen molar-refractivity contribution in [2.75, 3.05) is 0 Å². The van der Waals surface area contributed by atoms with Crippen molar-refractivity contribution in [1.29, 1.82) is 5.26 Å². The van der Waals surface area contributed by atoms with Crippen molar-refractivity contribution in [3.63, 3.8) is 0 Å². The van der Waals surface area contributed by atoms with Crippen molar-refractivity contribution in [1.82, 2.24) is 19.1 Å². The molecule has 6 nitrogen and oxygen atoms in total. The zero-order chi connectivity index (χ0) is 27.3. The van der Waals surface area contributed by atoms with E-state index >= 15 is 0 Å². The predicted octanol–water partition coefficient (Wildman–Crippen LogP) is 8.57. The molecule has 208 valence electrons. The van der Waals surface area contributed by atoms with Gasteiger partial charge >= 0.3 is 21.1 Å². The molecule has 4 aromatic heterocycles. The van der Waals surface area contributed by atoms with Crippen LogP contribution in [0, 0.1) is 23.5 Å². The van der Waals surface area contributed by atoms with Gasteiger partial charge < -0.3 is 13.9 Å². The Labute approximate surface area is 262 Å². The van der Waals surface area contributed by atoms with Gasteiger partial charge in [-0.1, -0.05) is 67.0 Å². The van der Waals surface area contributed by atoms with Gasteiger partial charge in [0.15, 0.2) is 0 Å². The van der Waals surface area contributed by atoms with Crippen LogP contribution in [0.15, 0.2) is 116 Å². The van der Waals surface area contributed by atoms with Gasteiger partial charge in [0.05, 0.1) is 0 Å². The molecule has 0 amide bonds. The minimum atomic E-state index is 0. The molecule has 43 heavy (non-hydrogen) atoms. The third-order valence-electron chi connectivity index (χ3n) is 7.33. The number of hydrogen-bond acceptors (Lipinski definition) is 4. The van der Waals surface area contributed by atoms with Crippen molar-refractivity contribution in [3.05, 3.63) is 133 Å². The Morgan fingerprint density at radius 1 is 0.628 bits per heavy atom. The molecule has 0 radical (unpaired) electrons. The van der Waals surface area contributed by atoms with Gasteiger partial charge in [-0.25, -0.2) is 15.2 Å². The monoisotopic (exact) mass is 736 g/mol. The molecule has 0 aliphatic rings. The van der Waals surface area contributed by atoms with E-state index in [2.05, 4.69) is 44.9 Å². The smallest absolute Gasteiger partial charge is 0.508 e. The second-order valence-electron chi connectivity index (χ2n) is 9.65. The average molecular weight is 737 g/mol. The first kappa shape index (κ1) is 27.9. The molecule has 0 N–H and O–H groups in total. The summed E-state index contributed by atoms with van der Waals surface area (Å²) in [4.78, 5) is 9.19. The summed E-state index contributed by atoms with van der Waals surface area (Å²) in [5.74, 6) is 2.36. The van der Waals surface area contributed by atoms with E-state index in [0.29, 0.717) is 17.1 Å². The third-order valence-corrected chi connectivity index (χ3v) is 7.33. The number of nitriles is 1. The fourth-order valence-corrected chi connectivity index (χ4v) is 5.57. The standard InChI is InChI=1S/C35H19N5O.CH4.Pt/c36-22-23-19-28-26-10-2-4-12-30(26)40(35-14-6-8-18-38-35)32(28)21-33(23)41-24-15-16-27-25-9-1-3-11-29(25)39(31(27)20-24)34-13-5-7-17-37-34;;/h1-19H;1H4;/q-2;;+2. The number of nitrogens with zero attached hydrogens (tertiary/aromatic N) is 5. The Bertz CT molecular complexity index is 2300. The van der Waals surface area contributed by atoms with Gasteiger partial charge in [-0.2, -0.15) is 6.07 Å². The first-order valence-electron chi connectivity index (χ1n) is 13.2. The number of para-hydroxylation sites is 2. The van der Waals surface area contributed by atoms with Gasteiger partial charge in [0, 0.05) is 41.0 Å². The molecule has 0 unspecified atom stereocenters. The summed E-state index contributed by atoms with van der Waals surface area (Å²) in [7, 11) is 0. The number of fused-ring (bicyclic) bond motifs is 6. The van der Waals surface area contributed by atoms with E-state index in [1.807, 2.05) is 95.6 Å². The molecule has 0 spiro atoms. The molecule has 0 fully saturated rings. The number of hydrogen-bond donors (Lipinski definition) is 0. The van der Waals surface area contributed by atoms with E-state index in [9.17, 15) is 5.26 Å². The van der Waals surface area contributed by atoms with Crippen molar-refractivity contribution < 1.29 is 25.8 Å². The summed E-state index contributed by atoms with van der Waals surface area (Å²) < 4.78 is 10.5. The molecule has 0 aliphatic heterocycles. The molecule has 4 aromatic carbocycles. The van der Waals surface area contributed by atoms with E-state index in [-0.39, 0.29) is 28.5 Å². The fourth-order valence-electron chi connectivity index (χ4n) is 5.57. The number of benzene rings is 4. The molecular formula is C36H23N5OPt. The molecule has 0 saturated heterocycles. The zero-order valence-corrected chi connectivity index (χ0v) is 24.2. The topological polar surface area (TPSA) is 68.7 Å². The van der Waals surface area contributed by atoms with Crippen LogP contribution in [0.1, 0.15) is 13.0 Å². The van der Waals surface area contributed by atoms with Crippen molar-refractivity contribution >= 4 is 43.6 Å². The Balaban J connectivity index is 0.00000165. The molecule has 0 bridgehead atoms. The first-order valence-corrected chi connectivity index (χ1v) is 13.2. The summed E-state index contributed by atoms with van der Waals surface area (Å²) in [6, 6.07) is 42.9. The minimum absolute atomic E-state index is 0. The van der Waals surface area contributed by atoms with Gasteiger partial charge in [0.1, 0.15) is 11.6 Å². The Hall–Kier alpha value is -5.24. The second-order valence-corrected chi connectivity index (χ2v) is 9.65. The largest absolute Gasteiger partial charge is 2.00 e. The van der Waals surface area contributed by atoms with E-state index in [1.54, 1.807) is 12.4 Å². The maximum Gasteiger partial charge on any atom is 2.00 e. The molecule has 4 heterocycles. The predicted molar refractivity (Wildman–Crippen MR) is 166 cm³/mol. The number of aromatic nitrogens is 4. The van der Waals surface area contributed by atoms with E-state index in [1.165, 1.54) is 0 Å². The van der Waals surface area contributed by atoms with Gasteiger partial charge in [0.25, 0.3) is 0 Å². The van der Waals surface area contributed by atoms with Crippen LogP contribution in [0.5, 0.6) is 11.5 Å². The second kappa shape index (κ2) is 11.2. The number of pyridine rings is 2. The molecule has 8 aromatic rings. The van der Waals surface area contributed by atoms with Crippen LogP contribution >= 0.6 is 0 Å². The summed E-state index contributed by atoms with van der Waals surface area (Å²) >= 11 is 0. The van der Waals surface area contributed by atoms with Crippen LogP contribution in [0.4, 0.5) is 0 Å². The molecular weight excluding hydrogens is 714 g/mol.